The first kappa shape index (κ1) is 12.4. The van der Waals surface area contributed by atoms with Gasteiger partial charge < -0.3 is 0 Å². The van der Waals surface area contributed by atoms with Crippen molar-refractivity contribution in [1.29, 1.82) is 0 Å². The lowest BCUT2D eigenvalue weighted by atomic mass is 10.1. The molecule has 0 saturated carbocycles. The molecule has 0 fully saturated rings. The van der Waals surface area contributed by atoms with Crippen LogP contribution in [-0.4, -0.2) is 4.92 Å². The highest BCUT2D eigenvalue weighted by Crippen LogP contribution is 2.17. The summed E-state index contributed by atoms with van der Waals surface area (Å²) in [6, 6.07) is 4.45. The molecule has 1 aromatic carbocycles. The van der Waals surface area contributed by atoms with E-state index in [0.717, 1.165) is 0 Å². The van der Waals surface area contributed by atoms with Crippen LogP contribution in [0.2, 0.25) is 0 Å². The Morgan fingerprint density at radius 2 is 2.12 bits per heavy atom. The topological polar surface area (TPSA) is 43.1 Å². The molecule has 16 heavy (non-hydrogen) atoms. The Bertz CT molecular complexity index is 439. The molecule has 0 N–H and O–H groups in total. The van der Waals surface area contributed by atoms with Crippen LogP contribution in [0.15, 0.2) is 23.9 Å². The van der Waals surface area contributed by atoms with E-state index in [4.69, 9.17) is 0 Å². The second-order valence-corrected chi connectivity index (χ2v) is 3.99. The van der Waals surface area contributed by atoms with E-state index in [9.17, 15) is 14.5 Å². The zero-order valence-electron chi connectivity index (χ0n) is 9.53. The molecule has 86 valence electrons. The van der Waals surface area contributed by atoms with Crippen LogP contribution in [0.1, 0.15) is 25.0 Å². The maximum atomic E-state index is 13.0. The summed E-state index contributed by atoms with van der Waals surface area (Å²) in [5, 5.41) is 10.8. The minimum Gasteiger partial charge on any atom is -0.259 e. The molecule has 0 aliphatic carbocycles. The van der Waals surface area contributed by atoms with Gasteiger partial charge in [0.25, 0.3) is 0 Å². The number of benzene rings is 1. The van der Waals surface area contributed by atoms with Crippen LogP contribution in [0, 0.1) is 28.8 Å². The molecule has 0 aliphatic rings. The fourth-order valence-corrected chi connectivity index (χ4v) is 1.36. The highest BCUT2D eigenvalue weighted by molar-refractivity contribution is 5.52. The van der Waals surface area contributed by atoms with E-state index in [1.54, 1.807) is 26.8 Å². The average Bonchev–Trinajstić information content (AvgIpc) is 2.18. The van der Waals surface area contributed by atoms with E-state index in [1.165, 1.54) is 18.2 Å². The van der Waals surface area contributed by atoms with Crippen molar-refractivity contribution in [1.82, 2.24) is 0 Å². The Balaban J connectivity index is 3.13. The first-order valence-corrected chi connectivity index (χ1v) is 5.04. The summed E-state index contributed by atoms with van der Waals surface area (Å²) in [4.78, 5) is 10.4. The molecule has 0 unspecified atom stereocenters. The minimum absolute atomic E-state index is 0.131. The van der Waals surface area contributed by atoms with Crippen molar-refractivity contribution in [2.45, 2.75) is 20.8 Å². The zero-order chi connectivity index (χ0) is 12.3. The monoisotopic (exact) mass is 223 g/mol. The van der Waals surface area contributed by atoms with Crippen LogP contribution in [0.5, 0.6) is 0 Å². The Morgan fingerprint density at radius 1 is 1.50 bits per heavy atom. The van der Waals surface area contributed by atoms with Crippen LogP contribution < -0.4 is 0 Å². The molecule has 0 aliphatic heterocycles. The predicted molar refractivity (Wildman–Crippen MR) is 60.9 cm³/mol. The van der Waals surface area contributed by atoms with Gasteiger partial charge in [-0.25, -0.2) is 4.39 Å². The normalized spacial score (nSPS) is 11.9. The van der Waals surface area contributed by atoms with Crippen LogP contribution in [-0.2, 0) is 0 Å². The lowest BCUT2D eigenvalue weighted by Gasteiger charge is -2.03. The number of hydrogen-bond acceptors (Lipinski definition) is 2. The van der Waals surface area contributed by atoms with Gasteiger partial charge in [0, 0.05) is 12.0 Å². The predicted octanol–water partition coefficient (Wildman–Crippen LogP) is 3.41. The number of halogens is 1. The summed E-state index contributed by atoms with van der Waals surface area (Å²) in [5.74, 6) is -0.468. The van der Waals surface area contributed by atoms with Gasteiger partial charge in [0.2, 0.25) is 5.70 Å². The molecule has 3 nitrogen and oxygen atoms in total. The maximum absolute atomic E-state index is 13.0. The second kappa shape index (κ2) is 4.88. The van der Waals surface area contributed by atoms with Crippen molar-refractivity contribution in [3.63, 3.8) is 0 Å². The van der Waals surface area contributed by atoms with Crippen LogP contribution in [0.25, 0.3) is 6.08 Å². The number of nitrogens with zero attached hydrogens (tertiary/aromatic N) is 1. The van der Waals surface area contributed by atoms with Gasteiger partial charge >= 0.3 is 0 Å². The van der Waals surface area contributed by atoms with E-state index < -0.39 is 4.92 Å². The van der Waals surface area contributed by atoms with Gasteiger partial charge in [-0.3, -0.25) is 10.1 Å². The Hall–Kier alpha value is -1.71. The van der Waals surface area contributed by atoms with E-state index in [0.29, 0.717) is 11.1 Å². The van der Waals surface area contributed by atoms with Gasteiger partial charge in [-0.15, -0.1) is 0 Å². The first-order chi connectivity index (χ1) is 7.41. The molecule has 0 spiro atoms. The van der Waals surface area contributed by atoms with Crippen molar-refractivity contribution in [3.8, 4) is 0 Å². The highest BCUT2D eigenvalue weighted by atomic mass is 19.1. The molecular formula is C12H14FNO2. The summed E-state index contributed by atoms with van der Waals surface area (Å²) >= 11 is 0. The van der Waals surface area contributed by atoms with E-state index in [1.807, 2.05) is 0 Å². The van der Waals surface area contributed by atoms with E-state index in [2.05, 4.69) is 0 Å². The van der Waals surface area contributed by atoms with Crippen molar-refractivity contribution in [3.05, 3.63) is 51.0 Å². The van der Waals surface area contributed by atoms with E-state index >= 15 is 0 Å². The largest absolute Gasteiger partial charge is 0.259 e. The molecule has 0 bridgehead atoms. The molecular weight excluding hydrogens is 209 g/mol. The Labute approximate surface area is 93.7 Å². The lowest BCUT2D eigenvalue weighted by molar-refractivity contribution is -0.431. The van der Waals surface area contributed by atoms with Crippen molar-refractivity contribution < 1.29 is 9.31 Å². The SMILES string of the molecule is Cc1cc(/C=C(/C(C)C)[N+](=O)[O-])ccc1F. The molecule has 0 aromatic heterocycles. The summed E-state index contributed by atoms with van der Waals surface area (Å²) in [6.45, 7) is 5.14. The third-order valence-electron chi connectivity index (χ3n) is 2.30. The van der Waals surface area contributed by atoms with Gasteiger partial charge in [-0.1, -0.05) is 19.9 Å². The van der Waals surface area contributed by atoms with Gasteiger partial charge in [0.05, 0.1) is 4.92 Å². The summed E-state index contributed by atoms with van der Waals surface area (Å²) < 4.78 is 13.0. The Morgan fingerprint density at radius 3 is 2.56 bits per heavy atom. The van der Waals surface area contributed by atoms with Crippen LogP contribution in [0.4, 0.5) is 4.39 Å². The second-order valence-electron chi connectivity index (χ2n) is 3.99. The minimum atomic E-state index is -0.399. The summed E-state index contributed by atoms with van der Waals surface area (Å²) in [5.41, 5.74) is 1.27. The summed E-state index contributed by atoms with van der Waals surface area (Å²) in [7, 11) is 0. The number of allylic oxidation sites excluding steroid dienone is 1. The van der Waals surface area contributed by atoms with Crippen molar-refractivity contribution >= 4 is 6.08 Å². The molecule has 0 saturated heterocycles. The summed E-state index contributed by atoms with van der Waals surface area (Å²) in [6.07, 6.45) is 1.48. The van der Waals surface area contributed by atoms with Gasteiger partial charge in [-0.05, 0) is 30.2 Å². The number of aryl methyl sites for hydroxylation is 1. The highest BCUT2D eigenvalue weighted by Gasteiger charge is 2.15. The van der Waals surface area contributed by atoms with E-state index in [-0.39, 0.29) is 17.4 Å². The smallest absolute Gasteiger partial charge is 0.249 e. The maximum Gasteiger partial charge on any atom is 0.249 e. The third-order valence-corrected chi connectivity index (χ3v) is 2.30. The zero-order valence-corrected chi connectivity index (χ0v) is 9.53. The van der Waals surface area contributed by atoms with Crippen LogP contribution in [0.3, 0.4) is 0 Å². The van der Waals surface area contributed by atoms with Gasteiger partial charge in [0.1, 0.15) is 5.82 Å². The number of hydrogen-bond donors (Lipinski definition) is 0. The standard InChI is InChI=1S/C12H14FNO2/c1-8(2)12(14(15)16)7-10-4-5-11(13)9(3)6-10/h4-8H,1-3H3/b12-7-. The quantitative estimate of drug-likeness (QED) is 0.582. The fraction of sp³-hybridized carbons (Fsp3) is 0.333. The molecule has 0 amide bonds. The average molecular weight is 223 g/mol. The van der Waals surface area contributed by atoms with Crippen LogP contribution >= 0.6 is 0 Å². The third kappa shape index (κ3) is 2.89. The molecule has 1 aromatic rings. The van der Waals surface area contributed by atoms with Gasteiger partial charge in [-0.2, -0.15) is 0 Å². The fourth-order valence-electron chi connectivity index (χ4n) is 1.36. The number of rotatable bonds is 3. The first-order valence-electron chi connectivity index (χ1n) is 5.04. The molecule has 0 heterocycles. The number of nitro groups is 1. The Kier molecular flexibility index (Phi) is 3.77. The molecule has 0 radical (unpaired) electrons. The molecule has 1 rings (SSSR count). The lowest BCUT2D eigenvalue weighted by Crippen LogP contribution is -2.05. The molecule has 4 heteroatoms. The van der Waals surface area contributed by atoms with Gasteiger partial charge in [0.15, 0.2) is 0 Å². The van der Waals surface area contributed by atoms with Crippen molar-refractivity contribution in [2.75, 3.05) is 0 Å². The molecule has 0 atom stereocenters. The van der Waals surface area contributed by atoms with Crippen molar-refractivity contribution in [2.24, 2.45) is 5.92 Å².